The number of phenolic OH excluding ortho intramolecular Hbond substituents is 1. The third kappa shape index (κ3) is 2.57. The van der Waals surface area contributed by atoms with Gasteiger partial charge in [0.1, 0.15) is 18.5 Å². The molecule has 0 unspecified atom stereocenters. The molecule has 0 saturated heterocycles. The average Bonchev–Trinajstić information content (AvgIpc) is 2.81. The minimum absolute atomic E-state index is 0.292. The van der Waals surface area contributed by atoms with Crippen LogP contribution in [0.1, 0.15) is 5.56 Å². The van der Waals surface area contributed by atoms with Gasteiger partial charge in [-0.05, 0) is 29.8 Å². The maximum absolute atomic E-state index is 9.36. The zero-order valence-corrected chi connectivity index (χ0v) is 11.4. The van der Waals surface area contributed by atoms with Gasteiger partial charge in [-0.25, -0.2) is 9.13 Å². The highest BCUT2D eigenvalue weighted by Gasteiger charge is 2.12. The van der Waals surface area contributed by atoms with Crippen molar-refractivity contribution in [3.63, 3.8) is 0 Å². The summed E-state index contributed by atoms with van der Waals surface area (Å²) >= 11 is 0. The Labute approximate surface area is 118 Å². The van der Waals surface area contributed by atoms with Gasteiger partial charge < -0.3 is 5.11 Å². The van der Waals surface area contributed by atoms with Gasteiger partial charge in [0.15, 0.2) is 5.69 Å². The molecule has 0 radical (unpaired) electrons. The van der Waals surface area contributed by atoms with Crippen molar-refractivity contribution in [2.45, 2.75) is 6.54 Å². The maximum atomic E-state index is 9.36. The van der Waals surface area contributed by atoms with Crippen LogP contribution in [0.5, 0.6) is 5.75 Å². The van der Waals surface area contributed by atoms with Crippen molar-refractivity contribution in [1.82, 2.24) is 4.57 Å². The van der Waals surface area contributed by atoms with E-state index in [-0.39, 0.29) is 0 Å². The molecule has 3 rings (SSSR count). The summed E-state index contributed by atoms with van der Waals surface area (Å²) in [5.41, 5.74) is 3.50. The predicted molar refractivity (Wildman–Crippen MR) is 78.3 cm³/mol. The molecule has 20 heavy (non-hydrogen) atoms. The first-order chi connectivity index (χ1) is 9.72. The molecule has 3 heteroatoms. The molecule has 0 aliphatic rings. The van der Waals surface area contributed by atoms with Crippen molar-refractivity contribution in [3.05, 3.63) is 72.7 Å². The van der Waals surface area contributed by atoms with E-state index >= 15 is 0 Å². The first-order valence-electron chi connectivity index (χ1n) is 6.61. The van der Waals surface area contributed by atoms with Crippen LogP contribution in [0, 0.1) is 0 Å². The molecule has 0 aliphatic heterocycles. The maximum Gasteiger partial charge on any atom is 0.244 e. The predicted octanol–water partition coefficient (Wildman–Crippen LogP) is 2.73. The van der Waals surface area contributed by atoms with Crippen molar-refractivity contribution < 1.29 is 9.67 Å². The van der Waals surface area contributed by atoms with Crippen LogP contribution in [-0.2, 0) is 13.6 Å². The van der Waals surface area contributed by atoms with Crippen LogP contribution >= 0.6 is 0 Å². The Bertz CT molecular complexity index is 700. The summed E-state index contributed by atoms with van der Waals surface area (Å²) in [7, 11) is 2.03. The van der Waals surface area contributed by atoms with Crippen LogP contribution in [0.3, 0.4) is 0 Å². The van der Waals surface area contributed by atoms with Crippen LogP contribution in [0.2, 0.25) is 0 Å². The number of phenols is 1. The zero-order chi connectivity index (χ0) is 13.9. The number of nitrogens with zero attached hydrogens (tertiary/aromatic N) is 2. The van der Waals surface area contributed by atoms with Gasteiger partial charge in [0.2, 0.25) is 6.33 Å². The molecule has 1 aromatic heterocycles. The molecule has 3 nitrogen and oxygen atoms in total. The number of imidazole rings is 1. The van der Waals surface area contributed by atoms with Crippen molar-refractivity contribution in [2.24, 2.45) is 7.05 Å². The number of rotatable bonds is 3. The second-order valence-corrected chi connectivity index (χ2v) is 4.95. The summed E-state index contributed by atoms with van der Waals surface area (Å²) in [5.74, 6) is 0.292. The molecule has 3 aromatic rings. The summed E-state index contributed by atoms with van der Waals surface area (Å²) < 4.78 is 4.26. The molecule has 0 fully saturated rings. The normalized spacial score (nSPS) is 10.7. The second kappa shape index (κ2) is 5.21. The Hall–Kier alpha value is -2.55. The topological polar surface area (TPSA) is 29.0 Å². The van der Waals surface area contributed by atoms with Crippen LogP contribution in [-0.4, -0.2) is 9.67 Å². The minimum atomic E-state index is 0.292. The molecule has 2 aromatic carbocycles. The molecule has 0 atom stereocenters. The molecule has 0 amide bonds. The Balaban J connectivity index is 1.89. The second-order valence-electron chi connectivity index (χ2n) is 4.95. The first-order valence-corrected chi connectivity index (χ1v) is 6.61. The van der Waals surface area contributed by atoms with Gasteiger partial charge in [-0.1, -0.05) is 30.3 Å². The van der Waals surface area contributed by atoms with Crippen LogP contribution < -0.4 is 4.57 Å². The van der Waals surface area contributed by atoms with E-state index < -0.39 is 0 Å². The fourth-order valence-electron chi connectivity index (χ4n) is 2.36. The lowest BCUT2D eigenvalue weighted by Gasteiger charge is -1.97. The third-order valence-corrected chi connectivity index (χ3v) is 3.36. The SMILES string of the molecule is Cn1c[n+](Cc2ccccc2)cc1-c1ccc(O)cc1. The molecular weight excluding hydrogens is 248 g/mol. The number of hydrogen-bond acceptors (Lipinski definition) is 1. The fourth-order valence-corrected chi connectivity index (χ4v) is 2.36. The van der Waals surface area contributed by atoms with E-state index in [0.29, 0.717) is 5.75 Å². The lowest BCUT2D eigenvalue weighted by atomic mass is 10.1. The summed E-state index contributed by atoms with van der Waals surface area (Å²) in [5, 5.41) is 9.36. The van der Waals surface area contributed by atoms with Gasteiger partial charge in [-0.3, -0.25) is 0 Å². The average molecular weight is 265 g/mol. The van der Waals surface area contributed by atoms with Crippen molar-refractivity contribution >= 4 is 0 Å². The van der Waals surface area contributed by atoms with E-state index in [1.54, 1.807) is 12.1 Å². The Kier molecular flexibility index (Phi) is 3.25. The summed E-state index contributed by atoms with van der Waals surface area (Å²) in [6.07, 6.45) is 4.20. The van der Waals surface area contributed by atoms with Gasteiger partial charge in [-0.2, -0.15) is 0 Å². The van der Waals surface area contributed by atoms with Crippen molar-refractivity contribution in [2.75, 3.05) is 0 Å². The van der Waals surface area contributed by atoms with Gasteiger partial charge in [-0.15, -0.1) is 0 Å². The molecule has 0 saturated carbocycles. The number of benzene rings is 2. The largest absolute Gasteiger partial charge is 0.508 e. The van der Waals surface area contributed by atoms with Crippen molar-refractivity contribution in [3.8, 4) is 17.0 Å². The zero-order valence-electron chi connectivity index (χ0n) is 11.4. The van der Waals surface area contributed by atoms with E-state index in [1.807, 2.05) is 25.2 Å². The monoisotopic (exact) mass is 265 g/mol. The van der Waals surface area contributed by atoms with E-state index in [4.69, 9.17) is 0 Å². The summed E-state index contributed by atoms with van der Waals surface area (Å²) in [6, 6.07) is 17.7. The minimum Gasteiger partial charge on any atom is -0.508 e. The molecule has 0 aliphatic carbocycles. The van der Waals surface area contributed by atoms with Crippen LogP contribution in [0.25, 0.3) is 11.3 Å². The smallest absolute Gasteiger partial charge is 0.244 e. The van der Waals surface area contributed by atoms with Crippen LogP contribution in [0.4, 0.5) is 0 Å². The van der Waals surface area contributed by atoms with Crippen molar-refractivity contribution in [1.29, 1.82) is 0 Å². The highest BCUT2D eigenvalue weighted by Crippen LogP contribution is 2.20. The Morgan fingerprint density at radius 1 is 1.00 bits per heavy atom. The molecule has 0 bridgehead atoms. The molecule has 100 valence electrons. The van der Waals surface area contributed by atoms with Gasteiger partial charge in [0.05, 0.1) is 7.05 Å². The molecule has 1 heterocycles. The van der Waals surface area contributed by atoms with E-state index in [1.165, 1.54) is 5.56 Å². The third-order valence-electron chi connectivity index (χ3n) is 3.36. The van der Waals surface area contributed by atoms with Gasteiger partial charge in [0.25, 0.3) is 0 Å². The quantitative estimate of drug-likeness (QED) is 0.725. The van der Waals surface area contributed by atoms with E-state index in [2.05, 4.69) is 45.9 Å². The van der Waals surface area contributed by atoms with Crippen LogP contribution in [0.15, 0.2) is 67.1 Å². The fraction of sp³-hybridized carbons (Fsp3) is 0.118. The number of hydrogen-bond donors (Lipinski definition) is 1. The lowest BCUT2D eigenvalue weighted by molar-refractivity contribution is -0.687. The summed E-state index contributed by atoms with van der Waals surface area (Å²) in [4.78, 5) is 0. The highest BCUT2D eigenvalue weighted by atomic mass is 16.3. The molecule has 0 spiro atoms. The lowest BCUT2D eigenvalue weighted by Crippen LogP contribution is -2.31. The highest BCUT2D eigenvalue weighted by molar-refractivity contribution is 5.58. The summed E-state index contributed by atoms with van der Waals surface area (Å²) in [6.45, 7) is 0.854. The van der Waals surface area contributed by atoms with E-state index in [0.717, 1.165) is 17.8 Å². The molecule has 1 N–H and O–H groups in total. The standard InChI is InChI=1S/C17H16N2O/c1-18-13-19(11-14-5-3-2-4-6-14)12-17(18)15-7-9-16(20)10-8-15/h2-10,12-13H,11H2,1H3/p+1. The van der Waals surface area contributed by atoms with E-state index in [9.17, 15) is 5.11 Å². The van der Waals surface area contributed by atoms with Gasteiger partial charge >= 0.3 is 0 Å². The van der Waals surface area contributed by atoms with Gasteiger partial charge in [0, 0.05) is 5.56 Å². The molecular formula is C17H17N2O+. The number of aryl methyl sites for hydroxylation is 1. The Morgan fingerprint density at radius 2 is 1.70 bits per heavy atom. The Morgan fingerprint density at radius 3 is 2.40 bits per heavy atom. The number of aromatic hydroxyl groups is 1. The number of aromatic nitrogens is 2. The first kappa shape index (κ1) is 12.5.